The SMILES string of the molecule is CC[C@H](C)[C@H](NC(=O)[C@@H](C(C)C)[C@@H](O)[C@H](O)[C@H](CC1CCCCC1)NC(=O)[C@H](Cc1cnc[nH]1)NC(=O)COc1cccc2ccccc12)C(=O)NCc1ccccn1. The summed E-state index contributed by atoms with van der Waals surface area (Å²) >= 11 is 0. The van der Waals surface area contributed by atoms with Crippen molar-refractivity contribution >= 4 is 34.4 Å². The summed E-state index contributed by atoms with van der Waals surface area (Å²) in [6.45, 7) is 7.16. The number of rotatable bonds is 21. The summed E-state index contributed by atoms with van der Waals surface area (Å²) in [5, 5.41) is 37.2. The number of nitrogens with one attached hydrogen (secondary N) is 5. The van der Waals surface area contributed by atoms with Gasteiger partial charge in [-0.1, -0.05) is 109 Å². The molecule has 0 radical (unpaired) electrons. The molecule has 1 aliphatic carbocycles. The smallest absolute Gasteiger partial charge is 0.258 e. The first-order valence-electron chi connectivity index (χ1n) is 21.0. The monoisotopic (exact) mass is 811 g/mol. The van der Waals surface area contributed by atoms with Gasteiger partial charge in [-0.15, -0.1) is 0 Å². The lowest BCUT2D eigenvalue weighted by atomic mass is 9.79. The van der Waals surface area contributed by atoms with Crippen molar-refractivity contribution in [3.05, 3.63) is 90.8 Å². The Bertz CT molecular complexity index is 1930. The number of aliphatic hydroxyl groups is 2. The number of H-pyrrole nitrogens is 1. The number of carbonyl (C=O) groups is 4. The number of aromatic nitrogens is 3. The van der Waals surface area contributed by atoms with Gasteiger partial charge < -0.3 is 41.2 Å². The number of ether oxygens (including phenoxy) is 1. The van der Waals surface area contributed by atoms with Crippen LogP contribution in [0.4, 0.5) is 0 Å². The number of amides is 4. The van der Waals surface area contributed by atoms with E-state index in [1.807, 2.05) is 56.3 Å². The molecule has 1 aliphatic rings. The van der Waals surface area contributed by atoms with Gasteiger partial charge in [-0.2, -0.15) is 0 Å². The summed E-state index contributed by atoms with van der Waals surface area (Å²) in [5.74, 6) is -3.19. The fraction of sp³-hybridized carbons (Fsp3) is 0.511. The van der Waals surface area contributed by atoms with Gasteiger partial charge >= 0.3 is 0 Å². The third kappa shape index (κ3) is 12.8. The average molecular weight is 812 g/mol. The molecule has 318 valence electrons. The number of nitrogens with zero attached hydrogens (tertiary/aromatic N) is 2. The highest BCUT2D eigenvalue weighted by molar-refractivity contribution is 5.91. The van der Waals surface area contributed by atoms with Crippen LogP contribution in [-0.4, -0.2) is 85.7 Å². The number of benzene rings is 2. The van der Waals surface area contributed by atoms with E-state index >= 15 is 0 Å². The predicted octanol–water partition coefficient (Wildman–Crippen LogP) is 4.36. The molecule has 59 heavy (non-hydrogen) atoms. The van der Waals surface area contributed by atoms with E-state index in [9.17, 15) is 29.4 Å². The second-order valence-electron chi connectivity index (χ2n) is 16.2. The Morgan fingerprint density at radius 2 is 1.61 bits per heavy atom. The van der Waals surface area contributed by atoms with Crippen LogP contribution in [0.15, 0.2) is 79.4 Å². The minimum Gasteiger partial charge on any atom is -0.483 e. The molecule has 14 nitrogen and oxygen atoms in total. The molecule has 5 rings (SSSR count). The van der Waals surface area contributed by atoms with Gasteiger partial charge in [0.25, 0.3) is 5.91 Å². The molecule has 14 heteroatoms. The van der Waals surface area contributed by atoms with Crippen molar-refractivity contribution in [1.82, 2.24) is 36.2 Å². The Kier molecular flexibility index (Phi) is 16.8. The minimum atomic E-state index is -1.60. The molecule has 0 unspecified atom stereocenters. The normalized spacial score (nSPS) is 16.9. The summed E-state index contributed by atoms with van der Waals surface area (Å²) < 4.78 is 5.91. The number of hydrogen-bond acceptors (Lipinski definition) is 9. The fourth-order valence-electron chi connectivity index (χ4n) is 7.92. The summed E-state index contributed by atoms with van der Waals surface area (Å²) in [5.41, 5.74) is 1.27. The highest BCUT2D eigenvalue weighted by atomic mass is 16.5. The van der Waals surface area contributed by atoms with E-state index < -0.39 is 59.9 Å². The van der Waals surface area contributed by atoms with E-state index in [0.29, 0.717) is 30.0 Å². The number of pyridine rings is 1. The topological polar surface area (TPSA) is 208 Å². The lowest BCUT2D eigenvalue weighted by Crippen LogP contribution is -2.59. The third-order valence-corrected chi connectivity index (χ3v) is 11.5. The van der Waals surface area contributed by atoms with Crippen molar-refractivity contribution < 1.29 is 34.1 Å². The molecule has 1 fully saturated rings. The van der Waals surface area contributed by atoms with Crippen LogP contribution in [0.1, 0.15) is 84.0 Å². The van der Waals surface area contributed by atoms with Crippen LogP contribution < -0.4 is 26.0 Å². The molecule has 2 aromatic carbocycles. The number of hydrogen-bond donors (Lipinski definition) is 7. The maximum atomic E-state index is 14.2. The van der Waals surface area contributed by atoms with Crippen LogP contribution >= 0.6 is 0 Å². The first-order chi connectivity index (χ1) is 28.4. The van der Waals surface area contributed by atoms with Crippen molar-refractivity contribution in [2.75, 3.05) is 6.61 Å². The Morgan fingerprint density at radius 3 is 2.31 bits per heavy atom. The van der Waals surface area contributed by atoms with Crippen molar-refractivity contribution in [1.29, 1.82) is 0 Å². The van der Waals surface area contributed by atoms with Crippen molar-refractivity contribution in [3.8, 4) is 5.75 Å². The summed E-state index contributed by atoms with van der Waals surface area (Å²) in [6, 6.07) is 15.7. The van der Waals surface area contributed by atoms with Gasteiger partial charge in [0, 0.05) is 29.9 Å². The molecule has 1 saturated carbocycles. The van der Waals surface area contributed by atoms with E-state index in [-0.39, 0.29) is 37.3 Å². The van der Waals surface area contributed by atoms with Crippen LogP contribution in [0, 0.1) is 23.7 Å². The number of fused-ring (bicyclic) bond motifs is 1. The molecular formula is C45H61N7O7. The van der Waals surface area contributed by atoms with Crippen molar-refractivity contribution in [2.45, 2.75) is 116 Å². The van der Waals surface area contributed by atoms with Crippen LogP contribution in [0.3, 0.4) is 0 Å². The minimum absolute atomic E-state index is 0.0665. The zero-order valence-corrected chi connectivity index (χ0v) is 34.6. The van der Waals surface area contributed by atoms with Crippen LogP contribution in [0.2, 0.25) is 0 Å². The van der Waals surface area contributed by atoms with Gasteiger partial charge in [0.05, 0.1) is 36.6 Å². The van der Waals surface area contributed by atoms with Crippen molar-refractivity contribution in [2.24, 2.45) is 23.7 Å². The first kappa shape index (κ1) is 44.8. The standard InChI is InChI=1S/C45H61N7O7/c1-5-29(4)40(45(58)48-25-32-18-11-12-21-47-32)52-44(57)39(28(2)3)42(55)41(54)35(22-30-14-7-6-8-15-30)51-43(56)36(23-33-24-46-27-49-33)50-38(53)26-59-37-20-13-17-31-16-9-10-19-34(31)37/h9-13,16-21,24,27-30,35-36,39-42,54-55H,5-8,14-15,22-23,25-26H2,1-4H3,(H,46,49)(H,48,58)(H,50,53)(H,51,56)(H,52,57)/t29-,35-,36-,39-,40-,41+,42+/m0/s1. The molecule has 4 aromatic rings. The molecule has 4 amide bonds. The molecule has 0 spiro atoms. The number of carbonyl (C=O) groups excluding carboxylic acids is 4. The van der Waals surface area contributed by atoms with Gasteiger partial charge in [0.1, 0.15) is 23.9 Å². The molecular weight excluding hydrogens is 751 g/mol. The Hall–Kier alpha value is -5.34. The second-order valence-corrected chi connectivity index (χ2v) is 16.2. The Labute approximate surface area is 346 Å². The summed E-state index contributed by atoms with van der Waals surface area (Å²) in [4.78, 5) is 66.5. The first-order valence-corrected chi connectivity index (χ1v) is 21.0. The van der Waals surface area contributed by atoms with Crippen LogP contribution in [0.5, 0.6) is 5.75 Å². The molecule has 0 bridgehead atoms. The third-order valence-electron chi connectivity index (χ3n) is 11.5. The Balaban J connectivity index is 1.32. The fourth-order valence-corrected chi connectivity index (χ4v) is 7.92. The van der Waals surface area contributed by atoms with Crippen LogP contribution in [0.25, 0.3) is 10.8 Å². The van der Waals surface area contributed by atoms with Gasteiger partial charge in [-0.05, 0) is 47.8 Å². The maximum Gasteiger partial charge on any atom is 0.258 e. The zero-order valence-electron chi connectivity index (χ0n) is 34.6. The predicted molar refractivity (Wildman–Crippen MR) is 225 cm³/mol. The highest BCUT2D eigenvalue weighted by Crippen LogP contribution is 2.30. The largest absolute Gasteiger partial charge is 0.483 e. The summed E-state index contributed by atoms with van der Waals surface area (Å²) in [7, 11) is 0. The van der Waals surface area contributed by atoms with E-state index in [1.54, 1.807) is 44.4 Å². The Morgan fingerprint density at radius 1 is 0.864 bits per heavy atom. The van der Waals surface area contributed by atoms with E-state index in [1.165, 1.54) is 6.33 Å². The van der Waals surface area contributed by atoms with Crippen molar-refractivity contribution in [3.63, 3.8) is 0 Å². The van der Waals surface area contributed by atoms with Gasteiger partial charge in [-0.25, -0.2) is 4.98 Å². The average Bonchev–Trinajstić information content (AvgIpc) is 3.76. The number of imidazole rings is 1. The molecule has 2 heterocycles. The molecule has 7 N–H and O–H groups in total. The van der Waals surface area contributed by atoms with E-state index in [0.717, 1.165) is 42.9 Å². The van der Waals surface area contributed by atoms with Gasteiger partial charge in [0.2, 0.25) is 17.7 Å². The number of aromatic amines is 1. The molecule has 0 saturated heterocycles. The lowest BCUT2D eigenvalue weighted by molar-refractivity contribution is -0.141. The van der Waals surface area contributed by atoms with Crippen LogP contribution in [-0.2, 0) is 32.1 Å². The maximum absolute atomic E-state index is 14.2. The summed E-state index contributed by atoms with van der Waals surface area (Å²) in [6.07, 6.45) is 7.45. The second kappa shape index (κ2) is 22.1. The highest BCUT2D eigenvalue weighted by Gasteiger charge is 2.41. The number of aliphatic hydroxyl groups excluding tert-OH is 2. The molecule has 7 atom stereocenters. The molecule has 0 aliphatic heterocycles. The van der Waals surface area contributed by atoms with E-state index in [2.05, 4.69) is 36.2 Å². The lowest BCUT2D eigenvalue weighted by Gasteiger charge is -2.37. The quantitative estimate of drug-likeness (QED) is 0.0637. The molecule has 2 aromatic heterocycles. The van der Waals surface area contributed by atoms with Gasteiger partial charge in [-0.3, -0.25) is 24.2 Å². The zero-order chi connectivity index (χ0) is 42.3. The van der Waals surface area contributed by atoms with E-state index in [4.69, 9.17) is 4.74 Å². The van der Waals surface area contributed by atoms with Gasteiger partial charge in [0.15, 0.2) is 6.61 Å².